The molecular weight excluding hydrogens is 532 g/mol. The highest BCUT2D eigenvalue weighted by molar-refractivity contribution is 9.10. The summed E-state index contributed by atoms with van der Waals surface area (Å²) in [4.78, 5) is 27.8. The fourth-order valence-corrected chi connectivity index (χ4v) is 6.11. The van der Waals surface area contributed by atoms with Gasteiger partial charge in [-0.25, -0.2) is 0 Å². The fourth-order valence-electron chi connectivity index (χ4n) is 4.16. The molecule has 0 aromatic heterocycles. The number of amides is 2. The summed E-state index contributed by atoms with van der Waals surface area (Å²) in [7, 11) is 0. The van der Waals surface area contributed by atoms with Gasteiger partial charge in [-0.1, -0.05) is 55.4 Å². The van der Waals surface area contributed by atoms with Crippen molar-refractivity contribution >= 4 is 67.8 Å². The number of aryl methyl sites for hydroxylation is 2. The summed E-state index contributed by atoms with van der Waals surface area (Å²) in [5, 5.41) is 2.87. The average Bonchev–Trinajstić information content (AvgIpc) is 3.10. The number of nitrogens with zero attached hydrogens (tertiary/aromatic N) is 1. The summed E-state index contributed by atoms with van der Waals surface area (Å²) in [6.07, 6.45) is 7.47. The number of carbonyl (C=O) groups is 2. The van der Waals surface area contributed by atoms with Gasteiger partial charge in [-0.15, -0.1) is 0 Å². The Bertz CT molecular complexity index is 1140. The first-order chi connectivity index (χ1) is 16.3. The molecule has 8 heteroatoms. The Balaban J connectivity index is 1.34. The van der Waals surface area contributed by atoms with Gasteiger partial charge in [0.05, 0.1) is 10.6 Å². The number of thiocarbonyl (C=S) groups is 1. The van der Waals surface area contributed by atoms with Crippen LogP contribution in [0.3, 0.4) is 0 Å². The summed E-state index contributed by atoms with van der Waals surface area (Å²) in [6, 6.07) is 11.5. The highest BCUT2D eigenvalue weighted by Crippen LogP contribution is 2.37. The standard InChI is InChI=1S/C26H27BrN2O3S2/c1-16-12-21(27)22(13-17(16)2)28-24(30)15-32-20-10-8-18(9-11-20)14-23-25(31)29(26(33)34-23)19-6-4-3-5-7-19/h8-14,19H,3-7,15H2,1-2H3,(H,28,30)/b23-14-. The van der Waals surface area contributed by atoms with E-state index in [0.29, 0.717) is 15.0 Å². The van der Waals surface area contributed by atoms with Crippen LogP contribution in [0.25, 0.3) is 6.08 Å². The quantitative estimate of drug-likeness (QED) is 0.319. The molecule has 0 bridgehead atoms. The molecule has 2 aliphatic rings. The molecule has 5 nitrogen and oxygen atoms in total. The van der Waals surface area contributed by atoms with Gasteiger partial charge < -0.3 is 10.1 Å². The summed E-state index contributed by atoms with van der Waals surface area (Å²) < 4.78 is 7.14. The van der Waals surface area contributed by atoms with Crippen molar-refractivity contribution in [1.29, 1.82) is 0 Å². The van der Waals surface area contributed by atoms with E-state index < -0.39 is 0 Å². The summed E-state index contributed by atoms with van der Waals surface area (Å²) in [6.45, 7) is 3.93. The van der Waals surface area contributed by atoms with Crippen molar-refractivity contribution in [3.05, 3.63) is 62.5 Å². The molecule has 178 valence electrons. The van der Waals surface area contributed by atoms with Crippen molar-refractivity contribution in [1.82, 2.24) is 4.90 Å². The molecule has 1 heterocycles. The Labute approximate surface area is 218 Å². The van der Waals surface area contributed by atoms with Crippen LogP contribution in [0.1, 0.15) is 48.8 Å². The van der Waals surface area contributed by atoms with Crippen LogP contribution in [0, 0.1) is 13.8 Å². The minimum Gasteiger partial charge on any atom is -0.484 e. The molecule has 2 aromatic rings. The Hall–Kier alpha value is -2.16. The van der Waals surface area contributed by atoms with Crippen molar-refractivity contribution in [2.45, 2.75) is 52.0 Å². The Morgan fingerprint density at radius 1 is 1.18 bits per heavy atom. The zero-order chi connectivity index (χ0) is 24.2. The van der Waals surface area contributed by atoms with Crippen molar-refractivity contribution in [2.75, 3.05) is 11.9 Å². The minimum atomic E-state index is -0.237. The second-order valence-corrected chi connectivity index (χ2v) is 11.2. The van der Waals surface area contributed by atoms with E-state index in [1.54, 1.807) is 12.1 Å². The van der Waals surface area contributed by atoms with Crippen LogP contribution >= 0.6 is 39.9 Å². The summed E-state index contributed by atoms with van der Waals surface area (Å²) in [5.41, 5.74) is 3.86. The van der Waals surface area contributed by atoms with E-state index in [2.05, 4.69) is 21.2 Å². The number of nitrogens with one attached hydrogen (secondary N) is 1. The number of carbonyl (C=O) groups excluding carboxylic acids is 2. The van der Waals surface area contributed by atoms with Gasteiger partial charge in [0.1, 0.15) is 10.1 Å². The second kappa shape index (κ2) is 11.1. The van der Waals surface area contributed by atoms with E-state index in [9.17, 15) is 9.59 Å². The van der Waals surface area contributed by atoms with Crippen LogP contribution in [-0.4, -0.2) is 33.7 Å². The maximum atomic E-state index is 13.0. The van der Waals surface area contributed by atoms with Crippen molar-refractivity contribution in [3.63, 3.8) is 0 Å². The molecule has 1 N–H and O–H groups in total. The molecule has 0 radical (unpaired) electrons. The van der Waals surface area contributed by atoms with Gasteiger partial charge in [0, 0.05) is 10.5 Å². The number of hydrogen-bond acceptors (Lipinski definition) is 5. The highest BCUT2D eigenvalue weighted by atomic mass is 79.9. The first-order valence-corrected chi connectivity index (χ1v) is 13.4. The molecule has 1 saturated heterocycles. The van der Waals surface area contributed by atoms with Gasteiger partial charge >= 0.3 is 0 Å². The molecule has 4 rings (SSSR count). The number of anilines is 1. The topological polar surface area (TPSA) is 58.6 Å². The smallest absolute Gasteiger partial charge is 0.266 e. The van der Waals surface area contributed by atoms with E-state index in [0.717, 1.165) is 52.5 Å². The lowest BCUT2D eigenvalue weighted by molar-refractivity contribution is -0.124. The van der Waals surface area contributed by atoms with Crippen molar-refractivity contribution < 1.29 is 14.3 Å². The van der Waals surface area contributed by atoms with E-state index in [1.807, 2.05) is 49.1 Å². The maximum Gasteiger partial charge on any atom is 0.266 e. The van der Waals surface area contributed by atoms with Crippen LogP contribution in [0.5, 0.6) is 5.75 Å². The molecule has 0 spiro atoms. The lowest BCUT2D eigenvalue weighted by atomic mass is 9.94. The lowest BCUT2D eigenvalue weighted by Crippen LogP contribution is -2.39. The van der Waals surface area contributed by atoms with Crippen LogP contribution in [0.4, 0.5) is 5.69 Å². The SMILES string of the molecule is Cc1cc(Br)c(NC(=O)COc2ccc(/C=C3\SC(=S)N(C4CCCCC4)C3=O)cc2)cc1C. The predicted molar refractivity (Wildman–Crippen MR) is 146 cm³/mol. The average molecular weight is 560 g/mol. The Kier molecular flexibility index (Phi) is 8.11. The summed E-state index contributed by atoms with van der Waals surface area (Å²) >= 11 is 10.4. The molecule has 1 saturated carbocycles. The van der Waals surface area contributed by atoms with Gasteiger partial charge in [-0.3, -0.25) is 14.5 Å². The fraction of sp³-hybridized carbons (Fsp3) is 0.346. The zero-order valence-corrected chi connectivity index (χ0v) is 22.4. The molecule has 1 aliphatic heterocycles. The van der Waals surface area contributed by atoms with Crippen molar-refractivity contribution in [3.8, 4) is 5.75 Å². The molecule has 2 aromatic carbocycles. The largest absolute Gasteiger partial charge is 0.484 e. The predicted octanol–water partition coefficient (Wildman–Crippen LogP) is 6.62. The van der Waals surface area contributed by atoms with Gasteiger partial charge in [0.15, 0.2) is 6.61 Å². The third kappa shape index (κ3) is 5.90. The molecule has 0 atom stereocenters. The van der Waals surface area contributed by atoms with Gasteiger partial charge in [-0.2, -0.15) is 0 Å². The lowest BCUT2D eigenvalue weighted by Gasteiger charge is -2.29. The molecule has 2 amide bonds. The highest BCUT2D eigenvalue weighted by Gasteiger charge is 2.37. The number of halogens is 1. The molecule has 1 aliphatic carbocycles. The Morgan fingerprint density at radius 2 is 1.85 bits per heavy atom. The molecule has 2 fully saturated rings. The normalized spacial score (nSPS) is 18.0. The number of ether oxygens (including phenoxy) is 1. The Morgan fingerprint density at radius 3 is 2.56 bits per heavy atom. The van der Waals surface area contributed by atoms with Gasteiger partial charge in [0.25, 0.3) is 11.8 Å². The van der Waals surface area contributed by atoms with Crippen LogP contribution in [0.2, 0.25) is 0 Å². The maximum absolute atomic E-state index is 13.0. The van der Waals surface area contributed by atoms with Crippen LogP contribution < -0.4 is 10.1 Å². The third-order valence-electron chi connectivity index (χ3n) is 6.17. The third-order valence-corrected chi connectivity index (χ3v) is 8.16. The molecular formula is C26H27BrN2O3S2. The van der Waals surface area contributed by atoms with Gasteiger partial charge in [0.2, 0.25) is 0 Å². The molecule has 34 heavy (non-hydrogen) atoms. The van der Waals surface area contributed by atoms with E-state index in [4.69, 9.17) is 17.0 Å². The number of benzene rings is 2. The van der Waals surface area contributed by atoms with E-state index in [1.165, 1.54) is 18.2 Å². The van der Waals surface area contributed by atoms with Crippen molar-refractivity contribution in [2.24, 2.45) is 0 Å². The minimum absolute atomic E-state index is 0.0106. The van der Waals surface area contributed by atoms with Crippen LogP contribution in [-0.2, 0) is 9.59 Å². The monoisotopic (exact) mass is 558 g/mol. The number of rotatable bonds is 6. The molecule has 0 unspecified atom stereocenters. The zero-order valence-electron chi connectivity index (χ0n) is 19.2. The second-order valence-electron chi connectivity index (χ2n) is 8.67. The summed E-state index contributed by atoms with van der Waals surface area (Å²) in [5.74, 6) is 0.358. The van der Waals surface area contributed by atoms with Gasteiger partial charge in [-0.05, 0) is 89.7 Å². The van der Waals surface area contributed by atoms with E-state index >= 15 is 0 Å². The van der Waals surface area contributed by atoms with Crippen LogP contribution in [0.15, 0.2) is 45.8 Å². The first-order valence-electron chi connectivity index (χ1n) is 11.4. The number of thioether (sulfide) groups is 1. The first kappa shape index (κ1) is 24.9. The van der Waals surface area contributed by atoms with E-state index in [-0.39, 0.29) is 24.5 Å². The number of hydrogen-bond donors (Lipinski definition) is 1.